The zero-order chi connectivity index (χ0) is 18.4. The highest BCUT2D eigenvalue weighted by molar-refractivity contribution is 9.10. The molecule has 1 saturated heterocycles. The summed E-state index contributed by atoms with van der Waals surface area (Å²) in [6.45, 7) is 3.02. The van der Waals surface area contributed by atoms with Gasteiger partial charge in [0.05, 0.1) is 10.4 Å². The molecule has 0 saturated carbocycles. The van der Waals surface area contributed by atoms with Crippen LogP contribution >= 0.6 is 15.9 Å². The van der Waals surface area contributed by atoms with Crippen molar-refractivity contribution < 1.29 is 14.6 Å². The lowest BCUT2D eigenvalue weighted by Crippen LogP contribution is -2.38. The van der Waals surface area contributed by atoms with Gasteiger partial charge in [-0.2, -0.15) is 0 Å². The lowest BCUT2D eigenvalue weighted by molar-refractivity contribution is -0.143. The molecule has 1 aliphatic heterocycles. The van der Waals surface area contributed by atoms with Gasteiger partial charge in [-0.25, -0.2) is 9.97 Å². The fraction of sp³-hybridized carbons (Fsp3) is 0.389. The molecular weight excluding hydrogens is 400 g/mol. The Kier molecular flexibility index (Phi) is 6.40. The summed E-state index contributed by atoms with van der Waals surface area (Å²) in [6, 6.07) is 7.63. The van der Waals surface area contributed by atoms with Gasteiger partial charge in [-0.3, -0.25) is 9.69 Å². The third kappa shape index (κ3) is 5.40. The molecule has 3 rings (SSSR count). The summed E-state index contributed by atoms with van der Waals surface area (Å²) in [5.41, 5.74) is 0.885. The minimum absolute atomic E-state index is 0.193. The first kappa shape index (κ1) is 18.6. The van der Waals surface area contributed by atoms with Crippen LogP contribution in [0.2, 0.25) is 0 Å². The second kappa shape index (κ2) is 8.95. The maximum atomic E-state index is 11.0. The van der Waals surface area contributed by atoms with E-state index in [1.807, 2.05) is 24.3 Å². The van der Waals surface area contributed by atoms with Crippen molar-refractivity contribution in [3.63, 3.8) is 0 Å². The van der Waals surface area contributed by atoms with Gasteiger partial charge < -0.3 is 15.2 Å². The number of hydrogen-bond acceptors (Lipinski definition) is 6. The van der Waals surface area contributed by atoms with Crippen molar-refractivity contribution in [3.8, 4) is 5.75 Å². The van der Waals surface area contributed by atoms with E-state index < -0.39 is 5.97 Å². The molecule has 26 heavy (non-hydrogen) atoms. The van der Waals surface area contributed by atoms with Crippen molar-refractivity contribution in [3.05, 3.63) is 41.1 Å². The summed E-state index contributed by atoms with van der Waals surface area (Å²) in [5, 5.41) is 12.1. The molecule has 7 nitrogen and oxygen atoms in total. The van der Waals surface area contributed by atoms with E-state index >= 15 is 0 Å². The number of carbonyl (C=O) groups is 1. The average Bonchev–Trinajstić information content (AvgIpc) is 2.65. The van der Waals surface area contributed by atoms with Crippen molar-refractivity contribution in [1.29, 1.82) is 0 Å². The van der Waals surface area contributed by atoms with Crippen LogP contribution in [0.5, 0.6) is 5.75 Å². The fourth-order valence-electron chi connectivity index (χ4n) is 2.84. The third-order valence-electron chi connectivity index (χ3n) is 4.34. The number of likely N-dealkylation sites (tertiary alicyclic amines) is 1. The Morgan fingerprint density at radius 3 is 2.50 bits per heavy atom. The molecule has 2 N–H and O–H groups in total. The number of benzene rings is 1. The Hall–Kier alpha value is -2.19. The van der Waals surface area contributed by atoms with E-state index in [1.165, 1.54) is 0 Å². The minimum atomic E-state index is -0.678. The molecule has 0 unspecified atom stereocenters. The summed E-state index contributed by atoms with van der Waals surface area (Å²) >= 11 is 3.30. The Morgan fingerprint density at radius 2 is 1.88 bits per heavy atom. The number of carboxylic acids is 1. The molecule has 2 aromatic rings. The smallest absolute Gasteiger partial charge is 0.306 e. The van der Waals surface area contributed by atoms with Gasteiger partial charge in [0.25, 0.3) is 0 Å². The van der Waals surface area contributed by atoms with Crippen molar-refractivity contribution in [1.82, 2.24) is 14.9 Å². The number of ether oxygens (including phenoxy) is 1. The summed E-state index contributed by atoms with van der Waals surface area (Å²) in [6.07, 6.45) is 4.81. The number of nitrogens with one attached hydrogen (secondary N) is 1. The van der Waals surface area contributed by atoms with E-state index in [0.717, 1.165) is 35.5 Å². The van der Waals surface area contributed by atoms with Crippen LogP contribution in [0.25, 0.3) is 0 Å². The third-order valence-corrected chi connectivity index (χ3v) is 4.75. The highest BCUT2D eigenvalue weighted by Crippen LogP contribution is 2.20. The quantitative estimate of drug-likeness (QED) is 0.710. The van der Waals surface area contributed by atoms with Crippen LogP contribution in [0.4, 0.5) is 11.6 Å². The Balaban J connectivity index is 1.40. The summed E-state index contributed by atoms with van der Waals surface area (Å²) in [5.74, 6) is 0.462. The molecule has 138 valence electrons. The number of rotatable bonds is 7. The largest absolute Gasteiger partial charge is 0.492 e. The number of nitrogens with zero attached hydrogens (tertiary/aromatic N) is 3. The van der Waals surface area contributed by atoms with Crippen molar-refractivity contribution in [2.45, 2.75) is 12.8 Å². The second-order valence-electron chi connectivity index (χ2n) is 6.18. The van der Waals surface area contributed by atoms with E-state index in [-0.39, 0.29) is 5.92 Å². The molecule has 0 atom stereocenters. The molecule has 8 heteroatoms. The van der Waals surface area contributed by atoms with Gasteiger partial charge in [-0.15, -0.1) is 0 Å². The van der Waals surface area contributed by atoms with Crippen molar-refractivity contribution >= 4 is 33.5 Å². The second-order valence-corrected chi connectivity index (χ2v) is 7.09. The molecule has 1 aliphatic rings. The number of hydrogen-bond donors (Lipinski definition) is 2. The molecule has 1 fully saturated rings. The molecule has 1 aromatic carbocycles. The molecule has 2 heterocycles. The Bertz CT molecular complexity index is 716. The van der Waals surface area contributed by atoms with Gasteiger partial charge in [0.1, 0.15) is 12.4 Å². The van der Waals surface area contributed by atoms with Gasteiger partial charge in [-0.1, -0.05) is 0 Å². The van der Waals surface area contributed by atoms with Crippen LogP contribution in [0.1, 0.15) is 12.8 Å². The Morgan fingerprint density at radius 1 is 1.23 bits per heavy atom. The van der Waals surface area contributed by atoms with Crippen LogP contribution < -0.4 is 10.1 Å². The lowest BCUT2D eigenvalue weighted by Gasteiger charge is -2.29. The summed E-state index contributed by atoms with van der Waals surface area (Å²) in [4.78, 5) is 21.6. The van der Waals surface area contributed by atoms with E-state index in [0.29, 0.717) is 25.4 Å². The van der Waals surface area contributed by atoms with E-state index in [2.05, 4.69) is 36.1 Å². The number of piperidine rings is 1. The molecule has 1 aromatic heterocycles. The van der Waals surface area contributed by atoms with E-state index in [1.54, 1.807) is 12.4 Å². The molecule has 0 radical (unpaired) electrons. The number of anilines is 2. The topological polar surface area (TPSA) is 87.6 Å². The standard InChI is InChI=1S/C18H21BrN4O3/c19-14-11-20-18(21-12-14)22-15-1-3-16(4-2-15)26-10-9-23-7-5-13(6-8-23)17(24)25/h1-4,11-13H,5-10H2,(H,24,25)(H,20,21,22). The van der Waals surface area contributed by atoms with Crippen LogP contribution in [-0.4, -0.2) is 52.2 Å². The van der Waals surface area contributed by atoms with Gasteiger partial charge in [0.2, 0.25) is 5.95 Å². The number of aromatic nitrogens is 2. The first-order valence-corrected chi connectivity index (χ1v) is 9.32. The molecular formula is C18H21BrN4O3. The molecule has 0 spiro atoms. The van der Waals surface area contributed by atoms with Gasteiger partial charge >= 0.3 is 5.97 Å². The highest BCUT2D eigenvalue weighted by atomic mass is 79.9. The van der Waals surface area contributed by atoms with Crippen molar-refractivity contribution in [2.24, 2.45) is 5.92 Å². The van der Waals surface area contributed by atoms with Crippen molar-refractivity contribution in [2.75, 3.05) is 31.6 Å². The molecule has 0 aliphatic carbocycles. The van der Waals surface area contributed by atoms with Crippen LogP contribution in [0.15, 0.2) is 41.1 Å². The normalized spacial score (nSPS) is 15.6. The monoisotopic (exact) mass is 420 g/mol. The van der Waals surface area contributed by atoms with E-state index in [9.17, 15) is 4.79 Å². The lowest BCUT2D eigenvalue weighted by atomic mass is 9.97. The predicted molar refractivity (Wildman–Crippen MR) is 102 cm³/mol. The van der Waals surface area contributed by atoms with E-state index in [4.69, 9.17) is 9.84 Å². The fourth-order valence-corrected chi connectivity index (χ4v) is 3.04. The van der Waals surface area contributed by atoms with Gasteiger partial charge in [-0.05, 0) is 66.1 Å². The predicted octanol–water partition coefficient (Wildman–Crippen LogP) is 3.16. The zero-order valence-corrected chi connectivity index (χ0v) is 15.9. The summed E-state index contributed by atoms with van der Waals surface area (Å²) in [7, 11) is 0. The number of carboxylic acid groups (broad SMARTS) is 1. The van der Waals surface area contributed by atoms with Crippen LogP contribution in [-0.2, 0) is 4.79 Å². The minimum Gasteiger partial charge on any atom is -0.492 e. The number of halogens is 1. The Labute approximate surface area is 160 Å². The van der Waals surface area contributed by atoms with Crippen LogP contribution in [0.3, 0.4) is 0 Å². The SMILES string of the molecule is O=C(O)C1CCN(CCOc2ccc(Nc3ncc(Br)cn3)cc2)CC1. The van der Waals surface area contributed by atoms with Crippen LogP contribution in [0, 0.1) is 5.92 Å². The molecule has 0 bridgehead atoms. The first-order chi connectivity index (χ1) is 12.6. The highest BCUT2D eigenvalue weighted by Gasteiger charge is 2.24. The summed E-state index contributed by atoms with van der Waals surface area (Å²) < 4.78 is 6.61. The zero-order valence-electron chi connectivity index (χ0n) is 14.3. The molecule has 0 amide bonds. The average molecular weight is 421 g/mol. The van der Waals surface area contributed by atoms with Gasteiger partial charge in [0.15, 0.2) is 0 Å². The first-order valence-electron chi connectivity index (χ1n) is 8.53. The maximum absolute atomic E-state index is 11.0. The number of aliphatic carboxylic acids is 1. The van der Waals surface area contributed by atoms with Gasteiger partial charge in [0, 0.05) is 24.6 Å². The maximum Gasteiger partial charge on any atom is 0.306 e.